The number of amides is 2. The molecule has 1 saturated heterocycles. The molecule has 1 fully saturated rings. The van der Waals surface area contributed by atoms with Crippen molar-refractivity contribution in [1.29, 1.82) is 0 Å². The average Bonchev–Trinajstić information content (AvgIpc) is 3.27. The predicted octanol–water partition coefficient (Wildman–Crippen LogP) is 2.19. The summed E-state index contributed by atoms with van der Waals surface area (Å²) >= 11 is 1.49. The van der Waals surface area contributed by atoms with Gasteiger partial charge in [-0.3, -0.25) is 14.3 Å². The van der Waals surface area contributed by atoms with E-state index in [4.69, 9.17) is 0 Å². The van der Waals surface area contributed by atoms with Crippen LogP contribution in [-0.2, 0) is 13.0 Å². The van der Waals surface area contributed by atoms with Crippen LogP contribution in [0.3, 0.4) is 0 Å². The number of fused-ring (bicyclic) bond motifs is 1. The second kappa shape index (κ2) is 6.63. The summed E-state index contributed by atoms with van der Waals surface area (Å²) in [6.07, 6.45) is 4.89. The van der Waals surface area contributed by atoms with Gasteiger partial charge in [0.25, 0.3) is 11.8 Å². The number of aryl methyl sites for hydroxylation is 2. The van der Waals surface area contributed by atoms with E-state index in [0.29, 0.717) is 26.2 Å². The summed E-state index contributed by atoms with van der Waals surface area (Å²) in [5.41, 5.74) is 2.94. The van der Waals surface area contributed by atoms with Crippen LogP contribution in [0.1, 0.15) is 44.1 Å². The molecular formula is C18H22N4O2S. The van der Waals surface area contributed by atoms with Gasteiger partial charge in [-0.05, 0) is 43.2 Å². The molecule has 4 rings (SSSR count). The molecule has 0 unspecified atom stereocenters. The Kier molecular flexibility index (Phi) is 4.33. The fourth-order valence-corrected chi connectivity index (χ4v) is 4.45. The molecule has 0 saturated carbocycles. The zero-order valence-corrected chi connectivity index (χ0v) is 15.2. The number of carbonyl (C=O) groups excluding carboxylic acids is 2. The smallest absolute Gasteiger partial charge is 0.264 e. The number of carbonyl (C=O) groups is 2. The summed E-state index contributed by atoms with van der Waals surface area (Å²) in [6, 6.07) is 1.93. The minimum Gasteiger partial charge on any atom is -0.335 e. The predicted molar refractivity (Wildman–Crippen MR) is 96.0 cm³/mol. The maximum Gasteiger partial charge on any atom is 0.264 e. The van der Waals surface area contributed by atoms with Crippen LogP contribution in [0.2, 0.25) is 0 Å². The first-order valence-corrected chi connectivity index (χ1v) is 9.70. The third kappa shape index (κ3) is 3.08. The van der Waals surface area contributed by atoms with Gasteiger partial charge in [0.2, 0.25) is 0 Å². The first-order chi connectivity index (χ1) is 12.1. The molecule has 132 valence electrons. The van der Waals surface area contributed by atoms with E-state index in [0.717, 1.165) is 47.5 Å². The van der Waals surface area contributed by atoms with Gasteiger partial charge in [0.1, 0.15) is 0 Å². The van der Waals surface area contributed by atoms with Crippen molar-refractivity contribution in [3.8, 4) is 0 Å². The van der Waals surface area contributed by atoms with E-state index in [1.165, 1.54) is 11.3 Å². The van der Waals surface area contributed by atoms with E-state index < -0.39 is 0 Å². The highest BCUT2D eigenvalue weighted by molar-refractivity contribution is 7.12. The summed E-state index contributed by atoms with van der Waals surface area (Å²) in [5, 5.41) is 6.36. The van der Waals surface area contributed by atoms with E-state index in [-0.39, 0.29) is 11.8 Å². The van der Waals surface area contributed by atoms with Crippen LogP contribution in [0.4, 0.5) is 0 Å². The highest BCUT2D eigenvalue weighted by Crippen LogP contribution is 2.21. The Morgan fingerprint density at radius 1 is 1.04 bits per heavy atom. The molecule has 0 aliphatic carbocycles. The molecule has 0 radical (unpaired) electrons. The molecule has 0 spiro atoms. The fraction of sp³-hybridized carbons (Fsp3) is 0.500. The third-order valence-corrected chi connectivity index (χ3v) is 6.04. The lowest BCUT2D eigenvalue weighted by Crippen LogP contribution is -2.50. The zero-order valence-electron chi connectivity index (χ0n) is 14.4. The molecule has 2 aliphatic heterocycles. The second-order valence-electron chi connectivity index (χ2n) is 6.76. The minimum absolute atomic E-state index is 0.0576. The Balaban J connectivity index is 1.41. The number of aromatic nitrogens is 2. The first kappa shape index (κ1) is 16.3. The number of thiophene rings is 1. The Morgan fingerprint density at radius 3 is 2.44 bits per heavy atom. The maximum atomic E-state index is 12.9. The summed E-state index contributed by atoms with van der Waals surface area (Å²) in [6.45, 7) is 5.25. The van der Waals surface area contributed by atoms with E-state index in [9.17, 15) is 9.59 Å². The summed E-state index contributed by atoms with van der Waals surface area (Å²) in [7, 11) is 0. The number of hydrogen-bond donors (Lipinski definition) is 0. The third-order valence-electron chi connectivity index (χ3n) is 5.01. The molecule has 0 atom stereocenters. The van der Waals surface area contributed by atoms with Crippen molar-refractivity contribution in [3.63, 3.8) is 0 Å². The van der Waals surface area contributed by atoms with Crippen LogP contribution in [0.5, 0.6) is 0 Å². The highest BCUT2D eigenvalue weighted by Gasteiger charge is 2.29. The molecule has 7 heteroatoms. The summed E-state index contributed by atoms with van der Waals surface area (Å²) in [5.74, 6) is 0.135. The van der Waals surface area contributed by atoms with Gasteiger partial charge in [0.15, 0.2) is 0 Å². The molecule has 2 amide bonds. The topological polar surface area (TPSA) is 58.4 Å². The standard InChI is InChI=1S/C18H22N4O2S/c1-13-10-16(25-12-13)18(24)21-8-6-20(7-9-21)17(23)14-11-19-22-5-3-2-4-15(14)22/h10-12H,2-9H2,1H3. The maximum absolute atomic E-state index is 12.9. The van der Waals surface area contributed by atoms with Crippen molar-refractivity contribution < 1.29 is 9.59 Å². The van der Waals surface area contributed by atoms with Gasteiger partial charge in [0.05, 0.1) is 22.3 Å². The van der Waals surface area contributed by atoms with Gasteiger partial charge in [-0.2, -0.15) is 5.10 Å². The first-order valence-electron chi connectivity index (χ1n) is 8.82. The van der Waals surface area contributed by atoms with Crippen LogP contribution in [0, 0.1) is 6.92 Å². The lowest BCUT2D eigenvalue weighted by Gasteiger charge is -2.34. The van der Waals surface area contributed by atoms with Crippen molar-refractivity contribution in [1.82, 2.24) is 19.6 Å². The molecule has 25 heavy (non-hydrogen) atoms. The van der Waals surface area contributed by atoms with Crippen LogP contribution in [-0.4, -0.2) is 57.6 Å². The van der Waals surface area contributed by atoms with Crippen LogP contribution < -0.4 is 0 Å². The normalized spacial score (nSPS) is 17.5. The van der Waals surface area contributed by atoms with Crippen LogP contribution in [0.25, 0.3) is 0 Å². The Labute approximate surface area is 151 Å². The van der Waals surface area contributed by atoms with Gasteiger partial charge in [-0.1, -0.05) is 0 Å². The van der Waals surface area contributed by atoms with Crippen LogP contribution >= 0.6 is 11.3 Å². The highest BCUT2D eigenvalue weighted by atomic mass is 32.1. The lowest BCUT2D eigenvalue weighted by atomic mass is 10.1. The lowest BCUT2D eigenvalue weighted by molar-refractivity contribution is 0.0537. The molecule has 0 aromatic carbocycles. The molecule has 2 aliphatic rings. The monoisotopic (exact) mass is 358 g/mol. The van der Waals surface area contributed by atoms with Gasteiger partial charge < -0.3 is 9.80 Å². The Bertz CT molecular complexity index is 802. The van der Waals surface area contributed by atoms with E-state index in [1.807, 2.05) is 32.9 Å². The number of hydrogen-bond acceptors (Lipinski definition) is 4. The molecule has 6 nitrogen and oxygen atoms in total. The molecular weight excluding hydrogens is 336 g/mol. The van der Waals surface area contributed by atoms with Crippen molar-refractivity contribution in [2.24, 2.45) is 0 Å². The Morgan fingerprint density at radius 2 is 1.76 bits per heavy atom. The molecule has 0 bridgehead atoms. The Hall–Kier alpha value is -2.15. The number of piperazine rings is 1. The van der Waals surface area contributed by atoms with Crippen molar-refractivity contribution in [2.45, 2.75) is 32.7 Å². The van der Waals surface area contributed by atoms with Gasteiger partial charge >= 0.3 is 0 Å². The van der Waals surface area contributed by atoms with Gasteiger partial charge in [-0.15, -0.1) is 11.3 Å². The molecule has 0 N–H and O–H groups in total. The van der Waals surface area contributed by atoms with Gasteiger partial charge in [-0.25, -0.2) is 0 Å². The average molecular weight is 358 g/mol. The molecule has 4 heterocycles. The summed E-state index contributed by atoms with van der Waals surface area (Å²) < 4.78 is 1.97. The van der Waals surface area contributed by atoms with E-state index in [2.05, 4.69) is 5.10 Å². The molecule has 2 aromatic rings. The van der Waals surface area contributed by atoms with Gasteiger partial charge in [0, 0.05) is 32.7 Å². The van der Waals surface area contributed by atoms with Crippen molar-refractivity contribution >= 4 is 23.2 Å². The van der Waals surface area contributed by atoms with Crippen molar-refractivity contribution in [3.05, 3.63) is 39.3 Å². The molecule has 2 aromatic heterocycles. The van der Waals surface area contributed by atoms with Crippen molar-refractivity contribution in [2.75, 3.05) is 26.2 Å². The fourth-order valence-electron chi connectivity index (χ4n) is 3.58. The zero-order chi connectivity index (χ0) is 17.4. The van der Waals surface area contributed by atoms with E-state index >= 15 is 0 Å². The second-order valence-corrected chi connectivity index (χ2v) is 7.67. The minimum atomic E-state index is 0.0576. The SMILES string of the molecule is Cc1csc(C(=O)N2CCN(C(=O)c3cnn4c3CCCC4)CC2)c1. The summed E-state index contributed by atoms with van der Waals surface area (Å²) in [4.78, 5) is 29.9. The largest absolute Gasteiger partial charge is 0.335 e. The number of nitrogens with zero attached hydrogens (tertiary/aromatic N) is 4. The van der Waals surface area contributed by atoms with Crippen LogP contribution in [0.15, 0.2) is 17.6 Å². The van der Waals surface area contributed by atoms with E-state index in [1.54, 1.807) is 6.20 Å². The quantitative estimate of drug-likeness (QED) is 0.827. The number of rotatable bonds is 2.